The molecule has 578 valence electrons. The van der Waals surface area contributed by atoms with Gasteiger partial charge in [-0.15, -0.1) is 0 Å². The van der Waals surface area contributed by atoms with Crippen molar-refractivity contribution in [2.24, 2.45) is 0 Å². The largest absolute Gasteiger partial charge is 0.472 e. The van der Waals surface area contributed by atoms with Gasteiger partial charge in [-0.2, -0.15) is 0 Å². The second-order valence-electron chi connectivity index (χ2n) is 27.8. The summed E-state index contributed by atoms with van der Waals surface area (Å²) in [6, 6.07) is 0. The number of esters is 4. The fourth-order valence-electron chi connectivity index (χ4n) is 11.7. The van der Waals surface area contributed by atoms with Crippen LogP contribution in [-0.2, 0) is 65.4 Å². The van der Waals surface area contributed by atoms with Crippen LogP contribution in [0, 0.1) is 0 Å². The van der Waals surface area contributed by atoms with E-state index in [1.54, 1.807) is 0 Å². The topological polar surface area (TPSA) is 237 Å². The van der Waals surface area contributed by atoms with Crippen LogP contribution in [-0.4, -0.2) is 96.7 Å². The zero-order valence-electron chi connectivity index (χ0n) is 63.2. The SMILES string of the molecule is CCCCCC/C=C\C=C/CCCCCCCC(=O)OC[C@H](COP(=O)(O)OC[C@@H](O)COP(=O)(O)OC[C@@H](COC(=O)CCCCCCCCCCC)OC(=O)CCCCCCCCCCCCCCCC)OC(=O)CCCCCCCCCCCCCCCCCCCCCC. The quantitative estimate of drug-likeness (QED) is 0.0169. The predicted octanol–water partition coefficient (Wildman–Crippen LogP) is 23.3. The van der Waals surface area contributed by atoms with Gasteiger partial charge in [0.25, 0.3) is 0 Å². The smallest absolute Gasteiger partial charge is 0.462 e. The Morgan fingerprint density at radius 1 is 0.286 bits per heavy atom. The van der Waals surface area contributed by atoms with Crippen LogP contribution in [0.15, 0.2) is 24.3 Å². The van der Waals surface area contributed by atoms with E-state index < -0.39 is 97.5 Å². The number of carbonyl (C=O) groups is 4. The van der Waals surface area contributed by atoms with Gasteiger partial charge in [0, 0.05) is 25.7 Å². The maximum atomic E-state index is 13.1. The third kappa shape index (κ3) is 71.9. The zero-order chi connectivity index (χ0) is 71.8. The highest BCUT2D eigenvalue weighted by atomic mass is 31.2. The molecule has 17 nitrogen and oxygen atoms in total. The summed E-state index contributed by atoms with van der Waals surface area (Å²) in [7, 11) is -9.92. The molecule has 0 saturated heterocycles. The fourth-order valence-corrected chi connectivity index (χ4v) is 13.3. The number of rotatable bonds is 78. The van der Waals surface area contributed by atoms with Crippen molar-refractivity contribution in [3.8, 4) is 0 Å². The molecule has 0 radical (unpaired) electrons. The first-order valence-corrected chi connectivity index (χ1v) is 43.6. The van der Waals surface area contributed by atoms with Crippen LogP contribution < -0.4 is 0 Å². The number of carbonyl (C=O) groups excluding carboxylic acids is 4. The highest BCUT2D eigenvalue weighted by Gasteiger charge is 2.30. The number of hydrogen-bond donors (Lipinski definition) is 3. The van der Waals surface area contributed by atoms with Gasteiger partial charge in [0.05, 0.1) is 26.4 Å². The van der Waals surface area contributed by atoms with Gasteiger partial charge >= 0.3 is 39.5 Å². The molecule has 0 aromatic carbocycles. The van der Waals surface area contributed by atoms with Crippen molar-refractivity contribution in [1.29, 1.82) is 0 Å². The van der Waals surface area contributed by atoms with Gasteiger partial charge in [-0.05, 0) is 51.4 Å². The number of unbranched alkanes of at least 4 members (excludes halogenated alkanes) is 49. The average molecular weight is 1430 g/mol. The Kier molecular flexibility index (Phi) is 71.0. The Morgan fingerprint density at radius 3 is 0.745 bits per heavy atom. The number of aliphatic hydroxyl groups is 1. The lowest BCUT2D eigenvalue weighted by atomic mass is 10.0. The number of ether oxygens (including phenoxy) is 4. The Bertz CT molecular complexity index is 1950. The number of hydrogen-bond acceptors (Lipinski definition) is 15. The molecule has 0 aromatic rings. The molecule has 0 rings (SSSR count). The highest BCUT2D eigenvalue weighted by Crippen LogP contribution is 2.45. The Morgan fingerprint density at radius 2 is 0.490 bits per heavy atom. The van der Waals surface area contributed by atoms with Crippen molar-refractivity contribution in [1.82, 2.24) is 0 Å². The van der Waals surface area contributed by atoms with E-state index in [0.29, 0.717) is 25.7 Å². The molecule has 98 heavy (non-hydrogen) atoms. The molecule has 0 aliphatic rings. The molecule has 0 aromatic heterocycles. The van der Waals surface area contributed by atoms with Gasteiger partial charge in [-0.3, -0.25) is 37.3 Å². The zero-order valence-corrected chi connectivity index (χ0v) is 65.0. The maximum absolute atomic E-state index is 13.1. The molecule has 3 N–H and O–H groups in total. The van der Waals surface area contributed by atoms with Crippen LogP contribution in [0.1, 0.15) is 400 Å². The fraction of sp³-hybridized carbons (Fsp3) is 0.899. The van der Waals surface area contributed by atoms with E-state index in [9.17, 15) is 43.2 Å². The van der Waals surface area contributed by atoms with Crippen molar-refractivity contribution in [2.75, 3.05) is 39.6 Å². The van der Waals surface area contributed by atoms with Crippen LogP contribution in [0.5, 0.6) is 0 Å². The minimum absolute atomic E-state index is 0.102. The molecule has 2 unspecified atom stereocenters. The average Bonchev–Trinajstić information content (AvgIpc) is 1.04. The van der Waals surface area contributed by atoms with Gasteiger partial charge < -0.3 is 33.8 Å². The van der Waals surface area contributed by atoms with Crippen molar-refractivity contribution >= 4 is 39.5 Å². The highest BCUT2D eigenvalue weighted by molar-refractivity contribution is 7.47. The molecule has 0 spiro atoms. The first kappa shape index (κ1) is 95.5. The predicted molar refractivity (Wildman–Crippen MR) is 400 cm³/mol. The number of allylic oxidation sites excluding steroid dienone is 4. The van der Waals surface area contributed by atoms with Crippen LogP contribution in [0.3, 0.4) is 0 Å². The van der Waals surface area contributed by atoms with E-state index in [1.807, 2.05) is 0 Å². The van der Waals surface area contributed by atoms with E-state index in [2.05, 4.69) is 52.0 Å². The van der Waals surface area contributed by atoms with E-state index in [1.165, 1.54) is 212 Å². The van der Waals surface area contributed by atoms with Crippen molar-refractivity contribution in [3.05, 3.63) is 24.3 Å². The lowest BCUT2D eigenvalue weighted by Crippen LogP contribution is -2.30. The first-order chi connectivity index (χ1) is 47.7. The number of phosphoric ester groups is 2. The molecule has 0 aliphatic heterocycles. The summed E-state index contributed by atoms with van der Waals surface area (Å²) >= 11 is 0. The van der Waals surface area contributed by atoms with Gasteiger partial charge in [-0.25, -0.2) is 9.13 Å². The van der Waals surface area contributed by atoms with E-state index in [4.69, 9.17) is 37.0 Å². The Balaban J connectivity index is 5.24. The third-order valence-corrected chi connectivity index (χ3v) is 19.9. The molecule has 0 saturated carbocycles. The summed E-state index contributed by atoms with van der Waals surface area (Å²) in [5.41, 5.74) is 0. The monoisotopic (exact) mass is 1430 g/mol. The minimum Gasteiger partial charge on any atom is -0.462 e. The van der Waals surface area contributed by atoms with Crippen LogP contribution >= 0.6 is 15.6 Å². The summed E-state index contributed by atoms with van der Waals surface area (Å²) in [6.45, 7) is 4.93. The van der Waals surface area contributed by atoms with E-state index in [0.717, 1.165) is 109 Å². The molecule has 19 heteroatoms. The van der Waals surface area contributed by atoms with E-state index in [-0.39, 0.29) is 25.7 Å². The van der Waals surface area contributed by atoms with Crippen molar-refractivity contribution in [3.63, 3.8) is 0 Å². The maximum Gasteiger partial charge on any atom is 0.472 e. The number of aliphatic hydroxyl groups excluding tert-OH is 1. The second kappa shape index (κ2) is 72.9. The summed E-state index contributed by atoms with van der Waals surface area (Å²) in [5.74, 6) is -2.14. The molecule has 0 fully saturated rings. The molecule has 0 amide bonds. The van der Waals surface area contributed by atoms with Crippen LogP contribution in [0.2, 0.25) is 0 Å². The summed E-state index contributed by atoms with van der Waals surface area (Å²) in [5, 5.41) is 10.6. The van der Waals surface area contributed by atoms with Gasteiger partial charge in [0.1, 0.15) is 19.3 Å². The molecule has 0 heterocycles. The first-order valence-electron chi connectivity index (χ1n) is 40.6. The second-order valence-corrected chi connectivity index (χ2v) is 30.7. The molecular formula is C79H150O17P2. The van der Waals surface area contributed by atoms with Crippen molar-refractivity contribution in [2.45, 2.75) is 418 Å². The summed E-state index contributed by atoms with van der Waals surface area (Å²) in [6.07, 6.45) is 67.4. The van der Waals surface area contributed by atoms with Crippen LogP contribution in [0.4, 0.5) is 0 Å². The lowest BCUT2D eigenvalue weighted by molar-refractivity contribution is -0.161. The van der Waals surface area contributed by atoms with Gasteiger partial charge in [0.2, 0.25) is 0 Å². The van der Waals surface area contributed by atoms with Crippen LogP contribution in [0.25, 0.3) is 0 Å². The molecular weight excluding hydrogens is 1280 g/mol. The molecule has 5 atom stereocenters. The van der Waals surface area contributed by atoms with E-state index >= 15 is 0 Å². The Hall–Kier alpha value is -2.46. The lowest BCUT2D eigenvalue weighted by Gasteiger charge is -2.21. The molecule has 0 bridgehead atoms. The standard InChI is InChI=1S/C79H150O17P2/c1-5-9-13-17-21-25-28-31-34-35-36-37-38-40-43-46-50-54-58-62-66-79(84)96-75(70-90-77(82)64-60-56-52-48-44-42-39-32-29-26-22-18-14-10-6-2)72-94-98(87,88)92-68-73(80)67-91-97(85,86)93-71-74(69-89-76(81)63-59-55-51-47-24-20-16-12-8-4)95-78(83)65-61-57-53-49-45-41-33-30-27-23-19-15-11-7-3/h26,29,32,39,73-75,80H,5-25,27-28,30-31,33-38,40-72H2,1-4H3,(H,85,86)(H,87,88)/b29-26-,39-32-/t73-,74+,75+/m0/s1. The van der Waals surface area contributed by atoms with Gasteiger partial charge in [0.15, 0.2) is 12.2 Å². The molecule has 0 aliphatic carbocycles. The Labute approximate surface area is 599 Å². The normalized spacial score (nSPS) is 14.0. The van der Waals surface area contributed by atoms with Gasteiger partial charge in [-0.1, -0.05) is 347 Å². The minimum atomic E-state index is -4.97. The summed E-state index contributed by atoms with van der Waals surface area (Å²) < 4.78 is 68.5. The third-order valence-electron chi connectivity index (χ3n) is 18.0. The summed E-state index contributed by atoms with van der Waals surface area (Å²) in [4.78, 5) is 72.8. The van der Waals surface area contributed by atoms with Crippen molar-refractivity contribution < 1.29 is 80.2 Å². The number of phosphoric acid groups is 2.